The summed E-state index contributed by atoms with van der Waals surface area (Å²) in [4.78, 5) is 41.9. The van der Waals surface area contributed by atoms with E-state index in [4.69, 9.17) is 0 Å². The van der Waals surface area contributed by atoms with E-state index < -0.39 is 11.2 Å². The van der Waals surface area contributed by atoms with Crippen molar-refractivity contribution in [2.24, 2.45) is 0 Å². The third kappa shape index (κ3) is 4.85. The van der Waals surface area contributed by atoms with Gasteiger partial charge in [-0.2, -0.15) is 5.10 Å². The fraction of sp³-hybridized carbons (Fsp3) is 0.300. The minimum atomic E-state index is -0.540. The van der Waals surface area contributed by atoms with Gasteiger partial charge in [0, 0.05) is 43.0 Å². The molecule has 3 aromatic rings. The molecule has 8 nitrogen and oxygen atoms in total. The lowest BCUT2D eigenvalue weighted by atomic mass is 10.1. The quantitative estimate of drug-likeness (QED) is 0.642. The lowest BCUT2D eigenvalue weighted by Gasteiger charge is -2.16. The molecule has 0 unspecified atom stereocenters. The zero-order valence-corrected chi connectivity index (χ0v) is 15.9. The molecule has 1 aromatic carbocycles. The first kappa shape index (κ1) is 19.3. The standard InChI is InChI=1S/C20H23N5O3/c1-14-17(19(27)23-20(28)22-14)8-9-18(26)24(2)11-16-10-21-25(13-16)12-15-6-4-3-5-7-15/h3-7,10,13H,8-9,11-12H2,1-2H3,(H2,22,23,27,28). The second kappa shape index (κ2) is 8.51. The Morgan fingerprint density at radius 3 is 2.61 bits per heavy atom. The Morgan fingerprint density at radius 1 is 1.14 bits per heavy atom. The average Bonchev–Trinajstić information content (AvgIpc) is 3.08. The number of carbonyl (C=O) groups excluding carboxylic acids is 1. The van der Waals surface area contributed by atoms with Gasteiger partial charge in [-0.15, -0.1) is 0 Å². The second-order valence-corrected chi connectivity index (χ2v) is 6.79. The van der Waals surface area contributed by atoms with Crippen molar-refractivity contribution >= 4 is 5.91 Å². The molecule has 0 aliphatic rings. The lowest BCUT2D eigenvalue weighted by molar-refractivity contribution is -0.130. The van der Waals surface area contributed by atoms with Gasteiger partial charge in [-0.1, -0.05) is 30.3 Å². The SMILES string of the molecule is Cc1[nH]c(=O)[nH]c(=O)c1CCC(=O)N(C)Cc1cnn(Cc2ccccc2)c1. The van der Waals surface area contributed by atoms with Gasteiger partial charge in [-0.3, -0.25) is 19.3 Å². The van der Waals surface area contributed by atoms with Crippen LogP contribution in [0.25, 0.3) is 0 Å². The van der Waals surface area contributed by atoms with Crippen LogP contribution in [0.2, 0.25) is 0 Å². The molecule has 8 heteroatoms. The molecule has 0 saturated heterocycles. The molecular weight excluding hydrogens is 358 g/mol. The maximum Gasteiger partial charge on any atom is 0.325 e. The van der Waals surface area contributed by atoms with E-state index in [0.29, 0.717) is 24.3 Å². The molecule has 0 radical (unpaired) electrons. The van der Waals surface area contributed by atoms with Gasteiger partial charge in [-0.25, -0.2) is 4.79 Å². The van der Waals surface area contributed by atoms with Crippen molar-refractivity contribution in [1.29, 1.82) is 0 Å². The number of carbonyl (C=O) groups is 1. The zero-order valence-electron chi connectivity index (χ0n) is 15.9. The van der Waals surface area contributed by atoms with Crippen molar-refractivity contribution in [2.75, 3.05) is 7.05 Å². The summed E-state index contributed by atoms with van der Waals surface area (Å²) in [6.45, 7) is 2.77. The van der Waals surface area contributed by atoms with Crippen LogP contribution in [0.1, 0.15) is 28.8 Å². The maximum absolute atomic E-state index is 12.4. The Bertz CT molecular complexity index is 1070. The third-order valence-electron chi connectivity index (χ3n) is 4.56. The van der Waals surface area contributed by atoms with Crippen LogP contribution in [-0.4, -0.2) is 37.6 Å². The van der Waals surface area contributed by atoms with E-state index in [1.807, 2.05) is 41.2 Å². The predicted octanol–water partition coefficient (Wildman–Crippen LogP) is 1.21. The second-order valence-electron chi connectivity index (χ2n) is 6.79. The number of H-pyrrole nitrogens is 2. The largest absolute Gasteiger partial charge is 0.341 e. The molecule has 0 spiro atoms. The van der Waals surface area contributed by atoms with Gasteiger partial charge in [0.1, 0.15) is 0 Å². The van der Waals surface area contributed by atoms with Crippen LogP contribution in [0.5, 0.6) is 0 Å². The van der Waals surface area contributed by atoms with E-state index in [1.54, 1.807) is 25.1 Å². The van der Waals surface area contributed by atoms with E-state index in [-0.39, 0.29) is 18.7 Å². The first-order valence-electron chi connectivity index (χ1n) is 9.03. The summed E-state index contributed by atoms with van der Waals surface area (Å²) < 4.78 is 1.84. The van der Waals surface area contributed by atoms with Crippen LogP contribution < -0.4 is 11.2 Å². The zero-order chi connectivity index (χ0) is 20.1. The fourth-order valence-electron chi connectivity index (χ4n) is 3.06. The number of rotatable bonds is 7. The highest BCUT2D eigenvalue weighted by atomic mass is 16.2. The third-order valence-corrected chi connectivity index (χ3v) is 4.56. The van der Waals surface area contributed by atoms with Crippen molar-refractivity contribution < 1.29 is 4.79 Å². The number of hydrogen-bond donors (Lipinski definition) is 2. The number of nitrogens with zero attached hydrogens (tertiary/aromatic N) is 3. The number of aryl methyl sites for hydroxylation is 1. The van der Waals surface area contributed by atoms with Gasteiger partial charge in [0.2, 0.25) is 5.91 Å². The van der Waals surface area contributed by atoms with E-state index >= 15 is 0 Å². The average molecular weight is 381 g/mol. The molecule has 0 bridgehead atoms. The summed E-state index contributed by atoms with van der Waals surface area (Å²) in [7, 11) is 1.72. The van der Waals surface area contributed by atoms with Gasteiger partial charge in [-0.05, 0) is 18.9 Å². The van der Waals surface area contributed by atoms with Gasteiger partial charge in [0.25, 0.3) is 5.56 Å². The lowest BCUT2D eigenvalue weighted by Crippen LogP contribution is -2.30. The summed E-state index contributed by atoms with van der Waals surface area (Å²) in [5, 5.41) is 4.35. The minimum Gasteiger partial charge on any atom is -0.341 e. The number of nitrogens with one attached hydrogen (secondary N) is 2. The van der Waals surface area contributed by atoms with Crippen molar-refractivity contribution in [3.8, 4) is 0 Å². The predicted molar refractivity (Wildman–Crippen MR) is 105 cm³/mol. The Balaban J connectivity index is 1.56. The highest BCUT2D eigenvalue weighted by Crippen LogP contribution is 2.08. The van der Waals surface area contributed by atoms with Crippen LogP contribution in [0.3, 0.4) is 0 Å². The summed E-state index contributed by atoms with van der Waals surface area (Å²) in [5.74, 6) is -0.0826. The van der Waals surface area contributed by atoms with Crippen LogP contribution >= 0.6 is 0 Å². The molecule has 3 rings (SSSR count). The Labute approximate surface area is 161 Å². The van der Waals surface area contributed by atoms with Crippen molar-refractivity contribution in [2.45, 2.75) is 32.9 Å². The summed E-state index contributed by atoms with van der Waals surface area (Å²) in [6.07, 6.45) is 4.14. The first-order valence-corrected chi connectivity index (χ1v) is 9.03. The minimum absolute atomic E-state index is 0.0826. The number of aromatic amines is 2. The molecule has 0 atom stereocenters. The van der Waals surface area contributed by atoms with Gasteiger partial charge < -0.3 is 9.88 Å². The normalized spacial score (nSPS) is 10.8. The molecule has 146 valence electrons. The first-order chi connectivity index (χ1) is 13.4. The molecule has 0 saturated carbocycles. The van der Waals surface area contributed by atoms with Crippen LogP contribution in [0.4, 0.5) is 0 Å². The number of benzene rings is 1. The summed E-state index contributed by atoms with van der Waals surface area (Å²) in [6, 6.07) is 10.0. The topological polar surface area (TPSA) is 104 Å². The van der Waals surface area contributed by atoms with E-state index in [1.165, 1.54) is 0 Å². The maximum atomic E-state index is 12.4. The van der Waals surface area contributed by atoms with Gasteiger partial charge in [0.05, 0.1) is 12.7 Å². The highest BCUT2D eigenvalue weighted by Gasteiger charge is 2.13. The number of aromatic nitrogens is 4. The molecule has 0 aliphatic carbocycles. The molecule has 0 aliphatic heterocycles. The highest BCUT2D eigenvalue weighted by molar-refractivity contribution is 5.76. The Kier molecular flexibility index (Phi) is 5.88. The molecular formula is C20H23N5O3. The fourth-order valence-corrected chi connectivity index (χ4v) is 3.06. The Morgan fingerprint density at radius 2 is 1.89 bits per heavy atom. The van der Waals surface area contributed by atoms with E-state index in [9.17, 15) is 14.4 Å². The van der Waals surface area contributed by atoms with Crippen molar-refractivity contribution in [3.05, 3.63) is 85.9 Å². The molecule has 28 heavy (non-hydrogen) atoms. The van der Waals surface area contributed by atoms with Gasteiger partial charge in [0.15, 0.2) is 0 Å². The van der Waals surface area contributed by atoms with Crippen molar-refractivity contribution in [1.82, 2.24) is 24.6 Å². The number of amides is 1. The molecule has 2 aromatic heterocycles. The molecule has 2 N–H and O–H groups in total. The Hall–Kier alpha value is -3.42. The van der Waals surface area contributed by atoms with Gasteiger partial charge >= 0.3 is 5.69 Å². The number of hydrogen-bond acceptors (Lipinski definition) is 4. The van der Waals surface area contributed by atoms with E-state index in [0.717, 1.165) is 11.1 Å². The molecule has 2 heterocycles. The van der Waals surface area contributed by atoms with Crippen molar-refractivity contribution in [3.63, 3.8) is 0 Å². The summed E-state index contributed by atoms with van der Waals surface area (Å²) >= 11 is 0. The monoisotopic (exact) mass is 381 g/mol. The smallest absolute Gasteiger partial charge is 0.325 e. The van der Waals surface area contributed by atoms with Crippen LogP contribution in [-0.2, 0) is 24.3 Å². The summed E-state index contributed by atoms with van der Waals surface area (Å²) in [5.41, 5.74) is 2.03. The molecule has 0 fully saturated rings. The van der Waals surface area contributed by atoms with Crippen LogP contribution in [0, 0.1) is 6.92 Å². The van der Waals surface area contributed by atoms with E-state index in [2.05, 4.69) is 15.1 Å². The van der Waals surface area contributed by atoms with Crippen LogP contribution in [0.15, 0.2) is 52.3 Å². The molecule has 1 amide bonds.